The lowest BCUT2D eigenvalue weighted by Gasteiger charge is -2.39. The SMILES string of the molecule is Cc1cccc2c1C1(CCN(C(=O)c3ccc4[nH]ncc4c3)CC1)C(=O)N2CC(=O)N1CC(O)C(F)(F)C1. The number of H-pyrrole nitrogens is 1. The van der Waals surface area contributed by atoms with Crippen molar-refractivity contribution >= 4 is 34.3 Å². The van der Waals surface area contributed by atoms with Crippen molar-refractivity contribution in [1.82, 2.24) is 20.0 Å². The molecule has 1 aromatic heterocycles. The number of likely N-dealkylation sites (tertiary alicyclic amines) is 2. The number of alkyl halides is 2. The molecule has 3 amide bonds. The molecule has 9 nitrogen and oxygen atoms in total. The summed E-state index contributed by atoms with van der Waals surface area (Å²) in [7, 11) is 0. The molecule has 2 saturated heterocycles. The smallest absolute Gasteiger partial charge is 0.292 e. The minimum absolute atomic E-state index is 0.126. The summed E-state index contributed by atoms with van der Waals surface area (Å²) in [5.41, 5.74) is 2.81. The average Bonchev–Trinajstić information content (AvgIpc) is 3.54. The molecule has 0 saturated carbocycles. The minimum atomic E-state index is -3.37. The number of aliphatic hydroxyl groups is 1. The first kappa shape index (κ1) is 24.5. The summed E-state index contributed by atoms with van der Waals surface area (Å²) in [6.45, 7) is 0.896. The topological polar surface area (TPSA) is 110 Å². The number of piperidine rings is 1. The number of hydrogen-bond acceptors (Lipinski definition) is 5. The number of halogens is 2. The number of aryl methyl sites for hydroxylation is 1. The molecule has 2 N–H and O–H groups in total. The molecule has 1 atom stereocenters. The van der Waals surface area contributed by atoms with Crippen LogP contribution in [0.25, 0.3) is 10.9 Å². The van der Waals surface area contributed by atoms with E-state index in [2.05, 4.69) is 10.2 Å². The third kappa shape index (κ3) is 3.67. The number of rotatable bonds is 3. The number of β-amino-alcohol motifs (C(OH)–C–C–N with tert-alkyl or cyclic N) is 1. The predicted molar refractivity (Wildman–Crippen MR) is 134 cm³/mol. The van der Waals surface area contributed by atoms with Crippen LogP contribution in [0, 0.1) is 6.92 Å². The third-order valence-corrected chi connectivity index (χ3v) is 8.19. The fourth-order valence-electron chi connectivity index (χ4n) is 6.14. The maximum Gasteiger partial charge on any atom is 0.292 e. The van der Waals surface area contributed by atoms with Crippen molar-refractivity contribution in [2.24, 2.45) is 0 Å². The van der Waals surface area contributed by atoms with Crippen molar-refractivity contribution in [1.29, 1.82) is 0 Å². The van der Waals surface area contributed by atoms with Gasteiger partial charge in [-0.05, 0) is 55.2 Å². The standard InChI is InChI=1S/C27H27F2N5O4/c1-16-3-2-4-20-23(16)26(25(38)34(20)14-22(36)33-13-21(35)27(28,29)15-33)7-9-32(10-8-26)24(37)17-5-6-19-18(11-17)12-30-31-19/h2-6,11-12,21,35H,7-10,13-15H2,1H3,(H,30,31). The fourth-order valence-corrected chi connectivity index (χ4v) is 6.14. The number of aromatic nitrogens is 2. The molecule has 4 heterocycles. The lowest BCUT2D eigenvalue weighted by atomic mass is 9.72. The van der Waals surface area contributed by atoms with Crippen molar-refractivity contribution in [3.05, 3.63) is 59.3 Å². The zero-order valence-corrected chi connectivity index (χ0v) is 20.8. The average molecular weight is 524 g/mol. The molecule has 11 heteroatoms. The number of aliphatic hydroxyl groups excluding tert-OH is 1. The highest BCUT2D eigenvalue weighted by Gasteiger charge is 2.54. The second-order valence-corrected chi connectivity index (χ2v) is 10.5. The molecule has 198 valence electrons. The summed E-state index contributed by atoms with van der Waals surface area (Å²) in [5.74, 6) is -4.39. The van der Waals surface area contributed by atoms with Crippen LogP contribution in [0.5, 0.6) is 0 Å². The number of nitrogens with zero attached hydrogens (tertiary/aromatic N) is 4. The summed E-state index contributed by atoms with van der Waals surface area (Å²) >= 11 is 0. The molecule has 1 spiro atoms. The lowest BCUT2D eigenvalue weighted by Crippen LogP contribution is -2.51. The number of carbonyl (C=O) groups is 3. The van der Waals surface area contributed by atoms with Crippen molar-refractivity contribution in [2.45, 2.75) is 37.2 Å². The van der Waals surface area contributed by atoms with E-state index in [0.717, 1.165) is 26.9 Å². The summed E-state index contributed by atoms with van der Waals surface area (Å²) in [5, 5.41) is 17.3. The maximum absolute atomic E-state index is 13.9. The first-order valence-electron chi connectivity index (χ1n) is 12.6. The van der Waals surface area contributed by atoms with Gasteiger partial charge in [-0.3, -0.25) is 19.5 Å². The Kier molecular flexibility index (Phi) is 5.53. The van der Waals surface area contributed by atoms with Gasteiger partial charge in [0.2, 0.25) is 11.8 Å². The third-order valence-electron chi connectivity index (χ3n) is 8.19. The summed E-state index contributed by atoms with van der Waals surface area (Å²) in [6.07, 6.45) is 0.509. The van der Waals surface area contributed by atoms with Crippen LogP contribution in [-0.4, -0.2) is 87.6 Å². The molecular formula is C27H27F2N5O4. The molecule has 1 unspecified atom stereocenters. The van der Waals surface area contributed by atoms with Crippen LogP contribution >= 0.6 is 0 Å². The highest BCUT2D eigenvalue weighted by molar-refractivity contribution is 6.11. The highest BCUT2D eigenvalue weighted by atomic mass is 19.3. The fraction of sp³-hybridized carbons (Fsp3) is 0.407. The van der Waals surface area contributed by atoms with Crippen LogP contribution in [0.15, 0.2) is 42.6 Å². The number of hydrogen-bond donors (Lipinski definition) is 2. The quantitative estimate of drug-likeness (QED) is 0.547. The van der Waals surface area contributed by atoms with E-state index in [1.165, 1.54) is 4.90 Å². The Labute approximate surface area is 217 Å². The van der Waals surface area contributed by atoms with Gasteiger partial charge in [-0.15, -0.1) is 0 Å². The molecule has 38 heavy (non-hydrogen) atoms. The second kappa shape index (κ2) is 8.59. The van der Waals surface area contributed by atoms with E-state index < -0.39 is 36.4 Å². The zero-order valence-electron chi connectivity index (χ0n) is 20.8. The van der Waals surface area contributed by atoms with Crippen LogP contribution in [-0.2, 0) is 15.0 Å². The normalized spacial score (nSPS) is 21.9. The van der Waals surface area contributed by atoms with Crippen LogP contribution in [0.2, 0.25) is 0 Å². The van der Waals surface area contributed by atoms with Gasteiger partial charge in [-0.25, -0.2) is 8.78 Å². The number of nitrogens with one attached hydrogen (secondary N) is 1. The minimum Gasteiger partial charge on any atom is -0.385 e. The summed E-state index contributed by atoms with van der Waals surface area (Å²) in [4.78, 5) is 44.2. The number of amides is 3. The molecule has 0 aliphatic carbocycles. The molecule has 0 radical (unpaired) electrons. The molecule has 3 aliphatic heterocycles. The van der Waals surface area contributed by atoms with E-state index >= 15 is 0 Å². The maximum atomic E-state index is 13.9. The first-order chi connectivity index (χ1) is 18.1. The van der Waals surface area contributed by atoms with E-state index in [1.54, 1.807) is 35.4 Å². The summed E-state index contributed by atoms with van der Waals surface area (Å²) < 4.78 is 27.7. The van der Waals surface area contributed by atoms with Crippen molar-refractivity contribution in [3.63, 3.8) is 0 Å². The number of benzene rings is 2. The van der Waals surface area contributed by atoms with Gasteiger partial charge < -0.3 is 19.8 Å². The van der Waals surface area contributed by atoms with E-state index in [4.69, 9.17) is 0 Å². The highest BCUT2D eigenvalue weighted by Crippen LogP contribution is 2.49. The Morgan fingerprint density at radius 1 is 1.16 bits per heavy atom. The van der Waals surface area contributed by atoms with Gasteiger partial charge in [0.15, 0.2) is 0 Å². The van der Waals surface area contributed by atoms with Gasteiger partial charge in [0.25, 0.3) is 11.8 Å². The van der Waals surface area contributed by atoms with Gasteiger partial charge in [-0.2, -0.15) is 5.10 Å². The van der Waals surface area contributed by atoms with E-state index in [0.29, 0.717) is 37.2 Å². The van der Waals surface area contributed by atoms with E-state index in [1.807, 2.05) is 19.1 Å². The second-order valence-electron chi connectivity index (χ2n) is 10.5. The van der Waals surface area contributed by atoms with Gasteiger partial charge in [0.05, 0.1) is 30.2 Å². The van der Waals surface area contributed by atoms with Gasteiger partial charge in [0, 0.05) is 29.7 Å². The van der Waals surface area contributed by atoms with E-state index in [-0.39, 0.29) is 18.4 Å². The molecule has 2 aromatic carbocycles. The van der Waals surface area contributed by atoms with Crippen molar-refractivity contribution < 1.29 is 28.3 Å². The Bertz CT molecular complexity index is 1460. The van der Waals surface area contributed by atoms with Crippen LogP contribution < -0.4 is 4.90 Å². The number of aromatic amines is 1. The Balaban J connectivity index is 1.23. The van der Waals surface area contributed by atoms with Crippen molar-refractivity contribution in [2.75, 3.05) is 37.6 Å². The monoisotopic (exact) mass is 523 g/mol. The molecule has 2 fully saturated rings. The zero-order chi connectivity index (χ0) is 26.8. The van der Waals surface area contributed by atoms with Crippen molar-refractivity contribution in [3.8, 4) is 0 Å². The van der Waals surface area contributed by atoms with Crippen LogP contribution in [0.1, 0.15) is 34.3 Å². The first-order valence-corrected chi connectivity index (χ1v) is 12.6. The molecule has 3 aliphatic rings. The molecule has 6 rings (SSSR count). The van der Waals surface area contributed by atoms with Gasteiger partial charge in [0.1, 0.15) is 12.6 Å². The van der Waals surface area contributed by atoms with Gasteiger partial charge in [-0.1, -0.05) is 12.1 Å². The van der Waals surface area contributed by atoms with E-state index in [9.17, 15) is 28.3 Å². The van der Waals surface area contributed by atoms with Gasteiger partial charge >= 0.3 is 0 Å². The van der Waals surface area contributed by atoms with Crippen LogP contribution in [0.3, 0.4) is 0 Å². The number of anilines is 1. The number of carbonyl (C=O) groups excluding carboxylic acids is 3. The summed E-state index contributed by atoms with van der Waals surface area (Å²) in [6, 6.07) is 10.8. The molecular weight excluding hydrogens is 496 g/mol. The predicted octanol–water partition coefficient (Wildman–Crippen LogP) is 2.23. The molecule has 0 bridgehead atoms. The number of fused-ring (bicyclic) bond motifs is 3. The lowest BCUT2D eigenvalue weighted by molar-refractivity contribution is -0.132. The molecule has 3 aromatic rings. The Morgan fingerprint density at radius 2 is 1.92 bits per heavy atom. The Hall–Kier alpha value is -3.86. The Morgan fingerprint density at radius 3 is 2.63 bits per heavy atom. The van der Waals surface area contributed by atoms with Crippen LogP contribution in [0.4, 0.5) is 14.5 Å². The largest absolute Gasteiger partial charge is 0.385 e.